The number of hydrogen-bond acceptors (Lipinski definition) is 2. The molecule has 20 heavy (non-hydrogen) atoms. The van der Waals surface area contributed by atoms with Crippen molar-refractivity contribution in [2.45, 2.75) is 26.8 Å². The van der Waals surface area contributed by atoms with E-state index in [2.05, 4.69) is 35.5 Å². The van der Waals surface area contributed by atoms with Crippen LogP contribution in [0, 0.1) is 10.7 Å². The van der Waals surface area contributed by atoms with Gasteiger partial charge in [-0.3, -0.25) is 0 Å². The number of rotatable bonds is 6. The van der Waals surface area contributed by atoms with Gasteiger partial charge in [-0.1, -0.05) is 44.2 Å². The first-order valence-corrected chi connectivity index (χ1v) is 7.49. The van der Waals surface area contributed by atoms with Crippen LogP contribution in [-0.2, 0) is 4.74 Å². The highest BCUT2D eigenvalue weighted by molar-refractivity contribution is 7.71. The maximum Gasteiger partial charge on any atom is 0.177 e. The molecule has 1 aromatic heterocycles. The Morgan fingerprint density at radius 1 is 1.25 bits per heavy atom. The summed E-state index contributed by atoms with van der Waals surface area (Å²) in [5.74, 6) is 0.450. The zero-order chi connectivity index (χ0) is 14.5. The maximum atomic E-state index is 5.65. The van der Waals surface area contributed by atoms with E-state index in [1.165, 1.54) is 5.56 Å². The Labute approximate surface area is 125 Å². The Hall–Kier alpha value is -1.39. The fourth-order valence-electron chi connectivity index (χ4n) is 2.34. The molecule has 1 heterocycles. The fraction of sp³-hybridized carbons (Fsp3) is 0.438. The van der Waals surface area contributed by atoms with E-state index in [9.17, 15) is 0 Å². The Bertz CT molecular complexity index is 586. The molecular weight excluding hydrogens is 268 g/mol. The van der Waals surface area contributed by atoms with Crippen LogP contribution in [0.2, 0.25) is 0 Å². The van der Waals surface area contributed by atoms with Crippen molar-refractivity contribution in [2.24, 2.45) is 5.92 Å². The number of aromatic amines is 1. The highest BCUT2D eigenvalue weighted by Crippen LogP contribution is 2.27. The summed E-state index contributed by atoms with van der Waals surface area (Å²) in [6, 6.07) is 10.6. The molecule has 0 spiro atoms. The van der Waals surface area contributed by atoms with E-state index in [-0.39, 0.29) is 6.04 Å². The van der Waals surface area contributed by atoms with E-state index in [1.807, 2.05) is 31.3 Å². The molecule has 108 valence electrons. The number of H-pyrrole nitrogens is 1. The molecule has 0 saturated heterocycles. The normalized spacial score (nSPS) is 12.8. The van der Waals surface area contributed by atoms with Gasteiger partial charge in [0, 0.05) is 12.8 Å². The van der Waals surface area contributed by atoms with Crippen LogP contribution in [0.5, 0.6) is 0 Å². The molecule has 0 fully saturated rings. The molecule has 0 radical (unpaired) electrons. The maximum absolute atomic E-state index is 5.65. The van der Waals surface area contributed by atoms with E-state index in [4.69, 9.17) is 17.0 Å². The average molecular weight is 290 g/mol. The van der Waals surface area contributed by atoms with E-state index < -0.39 is 0 Å². The summed E-state index contributed by atoms with van der Waals surface area (Å²) < 4.78 is 8.58. The highest BCUT2D eigenvalue weighted by atomic mass is 32.1. The molecule has 3 nitrogen and oxygen atoms in total. The molecule has 0 bridgehead atoms. The van der Waals surface area contributed by atoms with Crippen molar-refractivity contribution < 1.29 is 4.74 Å². The zero-order valence-corrected chi connectivity index (χ0v) is 13.1. The van der Waals surface area contributed by atoms with Gasteiger partial charge >= 0.3 is 0 Å². The van der Waals surface area contributed by atoms with Gasteiger partial charge in [0.15, 0.2) is 4.77 Å². The van der Waals surface area contributed by atoms with Gasteiger partial charge in [0.25, 0.3) is 0 Å². The van der Waals surface area contributed by atoms with E-state index >= 15 is 0 Å². The van der Waals surface area contributed by atoms with Crippen LogP contribution in [-0.4, -0.2) is 22.8 Å². The second-order valence-corrected chi connectivity index (χ2v) is 5.57. The molecule has 0 aliphatic heterocycles. The van der Waals surface area contributed by atoms with E-state index in [1.54, 1.807) is 0 Å². The number of nitrogens with zero attached hydrogens (tertiary/aromatic N) is 1. The van der Waals surface area contributed by atoms with Gasteiger partial charge in [-0.05, 0) is 30.6 Å². The van der Waals surface area contributed by atoms with Crippen LogP contribution in [0.1, 0.15) is 26.8 Å². The standard InChI is InChI=1S/C16H22N2OS/c1-4-19-11-15(12(2)3)18-14(10-17-16(18)20)13-8-6-5-7-9-13/h5-10,12,15H,4,11H2,1-3H3,(H,17,20). The lowest BCUT2D eigenvalue weighted by molar-refractivity contribution is 0.0965. The van der Waals surface area contributed by atoms with Crippen molar-refractivity contribution in [3.8, 4) is 11.3 Å². The predicted molar refractivity (Wildman–Crippen MR) is 85.4 cm³/mol. The Balaban J connectivity index is 2.44. The first-order chi connectivity index (χ1) is 9.65. The number of hydrogen-bond donors (Lipinski definition) is 1. The molecule has 1 aromatic carbocycles. The molecular formula is C16H22N2OS. The lowest BCUT2D eigenvalue weighted by Gasteiger charge is -2.24. The summed E-state index contributed by atoms with van der Waals surface area (Å²) in [6.45, 7) is 7.83. The van der Waals surface area contributed by atoms with Gasteiger partial charge in [0.2, 0.25) is 0 Å². The Morgan fingerprint density at radius 3 is 2.55 bits per heavy atom. The van der Waals surface area contributed by atoms with Gasteiger partial charge < -0.3 is 14.3 Å². The summed E-state index contributed by atoms with van der Waals surface area (Å²) in [5.41, 5.74) is 2.29. The van der Waals surface area contributed by atoms with Crippen LogP contribution < -0.4 is 0 Å². The van der Waals surface area contributed by atoms with Crippen molar-refractivity contribution in [3.63, 3.8) is 0 Å². The number of imidazole rings is 1. The Kier molecular flexibility index (Phi) is 5.15. The first-order valence-electron chi connectivity index (χ1n) is 7.08. The lowest BCUT2D eigenvalue weighted by atomic mass is 10.0. The third-order valence-corrected chi connectivity index (χ3v) is 3.79. The third-order valence-electron chi connectivity index (χ3n) is 3.47. The summed E-state index contributed by atoms with van der Waals surface area (Å²) in [6.07, 6.45) is 1.99. The molecule has 1 atom stereocenters. The lowest BCUT2D eigenvalue weighted by Crippen LogP contribution is -2.22. The van der Waals surface area contributed by atoms with Gasteiger partial charge in [-0.25, -0.2) is 0 Å². The molecule has 4 heteroatoms. The van der Waals surface area contributed by atoms with Gasteiger partial charge in [-0.15, -0.1) is 0 Å². The van der Waals surface area contributed by atoms with Crippen LogP contribution >= 0.6 is 12.2 Å². The second-order valence-electron chi connectivity index (χ2n) is 5.19. The van der Waals surface area contributed by atoms with Crippen LogP contribution in [0.4, 0.5) is 0 Å². The van der Waals surface area contributed by atoms with Crippen molar-refractivity contribution in [3.05, 3.63) is 41.3 Å². The third kappa shape index (κ3) is 3.19. The minimum Gasteiger partial charge on any atom is -0.380 e. The minimum absolute atomic E-state index is 0.240. The monoisotopic (exact) mass is 290 g/mol. The fourth-order valence-corrected chi connectivity index (χ4v) is 2.64. The largest absolute Gasteiger partial charge is 0.380 e. The average Bonchev–Trinajstić information content (AvgIpc) is 2.82. The molecule has 0 aliphatic carbocycles. The summed E-state index contributed by atoms with van der Waals surface area (Å²) in [7, 11) is 0. The molecule has 0 aliphatic rings. The molecule has 0 amide bonds. The quantitative estimate of drug-likeness (QED) is 0.797. The molecule has 1 unspecified atom stereocenters. The number of aromatic nitrogens is 2. The predicted octanol–water partition coefficient (Wildman–Crippen LogP) is 4.45. The summed E-state index contributed by atoms with van der Waals surface area (Å²) in [4.78, 5) is 3.17. The van der Waals surface area contributed by atoms with E-state index in [0.717, 1.165) is 17.1 Å². The molecule has 2 aromatic rings. The summed E-state index contributed by atoms with van der Waals surface area (Å²) in [5, 5.41) is 0. The van der Waals surface area contributed by atoms with Crippen LogP contribution in [0.3, 0.4) is 0 Å². The molecule has 2 rings (SSSR count). The first kappa shape index (κ1) is 15.0. The SMILES string of the molecule is CCOCC(C(C)C)n1c(-c2ccccc2)c[nH]c1=S. The highest BCUT2D eigenvalue weighted by Gasteiger charge is 2.20. The summed E-state index contributed by atoms with van der Waals surface area (Å²) >= 11 is 5.47. The van der Waals surface area contributed by atoms with Gasteiger partial charge in [0.05, 0.1) is 18.3 Å². The number of benzene rings is 1. The van der Waals surface area contributed by atoms with Gasteiger partial charge in [-0.2, -0.15) is 0 Å². The van der Waals surface area contributed by atoms with Crippen LogP contribution in [0.15, 0.2) is 36.5 Å². The Morgan fingerprint density at radius 2 is 1.95 bits per heavy atom. The number of nitrogens with one attached hydrogen (secondary N) is 1. The van der Waals surface area contributed by atoms with Gasteiger partial charge in [0.1, 0.15) is 0 Å². The topological polar surface area (TPSA) is 29.9 Å². The van der Waals surface area contributed by atoms with Crippen molar-refractivity contribution in [2.75, 3.05) is 13.2 Å². The molecule has 1 N–H and O–H groups in total. The number of ether oxygens (including phenoxy) is 1. The van der Waals surface area contributed by atoms with E-state index in [0.29, 0.717) is 12.5 Å². The van der Waals surface area contributed by atoms with Crippen molar-refractivity contribution in [1.29, 1.82) is 0 Å². The zero-order valence-electron chi connectivity index (χ0n) is 12.3. The molecule has 0 saturated carbocycles. The van der Waals surface area contributed by atoms with Crippen LogP contribution in [0.25, 0.3) is 11.3 Å². The second kappa shape index (κ2) is 6.86. The minimum atomic E-state index is 0.240. The smallest absolute Gasteiger partial charge is 0.177 e. The van der Waals surface area contributed by atoms with Crippen molar-refractivity contribution in [1.82, 2.24) is 9.55 Å². The van der Waals surface area contributed by atoms with Crippen molar-refractivity contribution >= 4 is 12.2 Å².